The van der Waals surface area contributed by atoms with Crippen molar-refractivity contribution in [3.8, 4) is 11.3 Å². The molecule has 0 aliphatic carbocycles. The molecule has 1 fully saturated rings. The van der Waals surface area contributed by atoms with Crippen molar-refractivity contribution in [2.75, 3.05) is 19.8 Å². The Bertz CT molecular complexity index is 761. The first-order chi connectivity index (χ1) is 12.5. The van der Waals surface area contributed by atoms with E-state index >= 15 is 0 Å². The molecule has 2 heterocycles. The molecule has 6 nitrogen and oxygen atoms in total. The van der Waals surface area contributed by atoms with E-state index in [0.29, 0.717) is 24.6 Å². The van der Waals surface area contributed by atoms with Gasteiger partial charge < -0.3 is 14.7 Å². The van der Waals surface area contributed by atoms with Gasteiger partial charge in [-0.05, 0) is 37.1 Å². The zero-order valence-corrected chi connectivity index (χ0v) is 15.4. The van der Waals surface area contributed by atoms with E-state index in [9.17, 15) is 9.90 Å². The Labute approximate surface area is 153 Å². The van der Waals surface area contributed by atoms with Gasteiger partial charge in [-0.15, -0.1) is 0 Å². The van der Waals surface area contributed by atoms with Crippen LogP contribution in [0.3, 0.4) is 0 Å². The lowest BCUT2D eigenvalue weighted by Gasteiger charge is -2.29. The lowest BCUT2D eigenvalue weighted by atomic mass is 10.0. The molecular formula is C20H25N3O3. The van der Waals surface area contributed by atoms with E-state index < -0.39 is 6.10 Å². The Morgan fingerprint density at radius 3 is 2.65 bits per heavy atom. The van der Waals surface area contributed by atoms with Crippen LogP contribution >= 0.6 is 0 Å². The number of nitrogens with zero attached hydrogens (tertiary/aromatic N) is 3. The van der Waals surface area contributed by atoms with Gasteiger partial charge in [0.25, 0.3) is 5.91 Å². The summed E-state index contributed by atoms with van der Waals surface area (Å²) in [5.41, 5.74) is 3.08. The predicted molar refractivity (Wildman–Crippen MR) is 98.9 cm³/mol. The summed E-state index contributed by atoms with van der Waals surface area (Å²) in [7, 11) is 0. The summed E-state index contributed by atoms with van der Waals surface area (Å²) in [6.07, 6.45) is -0.642. The molecule has 0 radical (unpaired) electrons. The molecule has 2 aromatic rings. The summed E-state index contributed by atoms with van der Waals surface area (Å²) in [6, 6.07) is 11.0. The third-order valence-electron chi connectivity index (χ3n) is 4.71. The van der Waals surface area contributed by atoms with Crippen LogP contribution in [0.4, 0.5) is 0 Å². The fraction of sp³-hybridized carbons (Fsp3) is 0.450. The number of likely N-dealkylation sites (N-methyl/N-ethyl adjacent to an activating group) is 1. The van der Waals surface area contributed by atoms with Crippen LogP contribution in [-0.4, -0.2) is 58.0 Å². The molecule has 1 saturated heterocycles. The first-order valence-corrected chi connectivity index (χ1v) is 9.02. The summed E-state index contributed by atoms with van der Waals surface area (Å²) in [4.78, 5) is 14.6. The number of aliphatic hydroxyl groups is 1. The van der Waals surface area contributed by atoms with Gasteiger partial charge in [0, 0.05) is 17.7 Å². The molecule has 2 atom stereocenters. The zero-order chi connectivity index (χ0) is 18.7. The Morgan fingerprint density at radius 2 is 2.08 bits per heavy atom. The smallest absolute Gasteiger partial charge is 0.254 e. The molecule has 6 heteroatoms. The van der Waals surface area contributed by atoms with Gasteiger partial charge in [0.15, 0.2) is 0 Å². The minimum atomic E-state index is -0.642. The Hall–Kier alpha value is -2.31. The van der Waals surface area contributed by atoms with Crippen LogP contribution in [0.5, 0.6) is 0 Å². The quantitative estimate of drug-likeness (QED) is 0.892. The van der Waals surface area contributed by atoms with Crippen molar-refractivity contribution in [2.45, 2.75) is 38.8 Å². The SMILES string of the molecule is CCN(C(=O)c1cccc(-c2ccc(C(C)C)nn2)c1)C1COCC1O. The monoisotopic (exact) mass is 355 g/mol. The lowest BCUT2D eigenvalue weighted by molar-refractivity contribution is 0.0520. The first-order valence-electron chi connectivity index (χ1n) is 9.02. The fourth-order valence-corrected chi connectivity index (χ4v) is 3.14. The maximum absolute atomic E-state index is 13.0. The van der Waals surface area contributed by atoms with Gasteiger partial charge in [-0.25, -0.2) is 0 Å². The van der Waals surface area contributed by atoms with E-state index in [2.05, 4.69) is 24.0 Å². The zero-order valence-electron chi connectivity index (χ0n) is 15.4. The van der Waals surface area contributed by atoms with Crippen molar-refractivity contribution in [1.29, 1.82) is 0 Å². The summed E-state index contributed by atoms with van der Waals surface area (Å²) < 4.78 is 5.30. The normalized spacial score (nSPS) is 19.7. The van der Waals surface area contributed by atoms with Crippen molar-refractivity contribution < 1.29 is 14.6 Å². The molecule has 1 N–H and O–H groups in total. The van der Waals surface area contributed by atoms with Crippen LogP contribution < -0.4 is 0 Å². The van der Waals surface area contributed by atoms with Crippen molar-refractivity contribution in [3.05, 3.63) is 47.7 Å². The molecule has 0 bridgehead atoms. The van der Waals surface area contributed by atoms with Crippen LogP contribution in [0.25, 0.3) is 11.3 Å². The molecule has 2 unspecified atom stereocenters. The number of amides is 1. The molecule has 0 spiro atoms. The van der Waals surface area contributed by atoms with E-state index in [0.717, 1.165) is 17.0 Å². The summed E-state index contributed by atoms with van der Waals surface area (Å²) in [6.45, 7) is 7.20. The molecular weight excluding hydrogens is 330 g/mol. The molecule has 3 rings (SSSR count). The molecule has 0 saturated carbocycles. The molecule has 1 aliphatic heterocycles. The van der Waals surface area contributed by atoms with Gasteiger partial charge in [0.2, 0.25) is 0 Å². The second-order valence-electron chi connectivity index (χ2n) is 6.84. The molecule has 1 amide bonds. The highest BCUT2D eigenvalue weighted by Gasteiger charge is 2.34. The first kappa shape index (κ1) is 18.5. The predicted octanol–water partition coefficient (Wildman–Crippen LogP) is 2.49. The number of hydrogen-bond donors (Lipinski definition) is 1. The van der Waals surface area contributed by atoms with E-state index in [1.807, 2.05) is 37.3 Å². The van der Waals surface area contributed by atoms with Gasteiger partial charge in [0.1, 0.15) is 0 Å². The highest BCUT2D eigenvalue weighted by molar-refractivity contribution is 5.95. The maximum atomic E-state index is 13.0. The molecule has 1 aliphatic rings. The maximum Gasteiger partial charge on any atom is 0.254 e. The van der Waals surface area contributed by atoms with Gasteiger partial charge in [0.05, 0.1) is 36.7 Å². The molecule has 26 heavy (non-hydrogen) atoms. The molecule has 1 aromatic heterocycles. The second-order valence-corrected chi connectivity index (χ2v) is 6.84. The molecule has 1 aromatic carbocycles. The van der Waals surface area contributed by atoms with Crippen molar-refractivity contribution in [2.24, 2.45) is 0 Å². The van der Waals surface area contributed by atoms with Crippen LogP contribution in [0, 0.1) is 0 Å². The number of carbonyl (C=O) groups excluding carboxylic acids is 1. The third-order valence-corrected chi connectivity index (χ3v) is 4.71. The number of rotatable bonds is 5. The van der Waals surface area contributed by atoms with Crippen LogP contribution in [0.15, 0.2) is 36.4 Å². The highest BCUT2D eigenvalue weighted by Crippen LogP contribution is 2.22. The van der Waals surface area contributed by atoms with Gasteiger partial charge in [-0.3, -0.25) is 4.79 Å². The fourth-order valence-electron chi connectivity index (χ4n) is 3.14. The van der Waals surface area contributed by atoms with Gasteiger partial charge in [-0.2, -0.15) is 10.2 Å². The minimum absolute atomic E-state index is 0.115. The van der Waals surface area contributed by atoms with Crippen molar-refractivity contribution in [3.63, 3.8) is 0 Å². The van der Waals surface area contributed by atoms with Crippen LogP contribution in [0.1, 0.15) is 42.7 Å². The molecule has 138 valence electrons. The Kier molecular flexibility index (Phi) is 5.64. The van der Waals surface area contributed by atoms with Crippen molar-refractivity contribution >= 4 is 5.91 Å². The van der Waals surface area contributed by atoms with Crippen LogP contribution in [-0.2, 0) is 4.74 Å². The summed E-state index contributed by atoms with van der Waals surface area (Å²) in [5, 5.41) is 18.6. The second kappa shape index (κ2) is 7.93. The van der Waals surface area contributed by atoms with E-state index in [-0.39, 0.29) is 18.6 Å². The number of carbonyl (C=O) groups is 1. The number of aliphatic hydroxyl groups excluding tert-OH is 1. The topological polar surface area (TPSA) is 75.6 Å². The standard InChI is InChI=1S/C20H25N3O3/c1-4-23(18-11-26-12-19(18)24)20(25)15-7-5-6-14(10-15)17-9-8-16(13(2)3)21-22-17/h5-10,13,18-19,24H,4,11-12H2,1-3H3. The Balaban J connectivity index is 1.85. The highest BCUT2D eigenvalue weighted by atomic mass is 16.5. The lowest BCUT2D eigenvalue weighted by Crippen LogP contribution is -2.46. The van der Waals surface area contributed by atoms with Gasteiger partial charge >= 0.3 is 0 Å². The largest absolute Gasteiger partial charge is 0.388 e. The summed E-state index contributed by atoms with van der Waals surface area (Å²) in [5.74, 6) is 0.207. The number of ether oxygens (including phenoxy) is 1. The van der Waals surface area contributed by atoms with Gasteiger partial charge in [-0.1, -0.05) is 26.0 Å². The third kappa shape index (κ3) is 3.76. The van der Waals surface area contributed by atoms with E-state index in [4.69, 9.17) is 4.74 Å². The summed E-state index contributed by atoms with van der Waals surface area (Å²) >= 11 is 0. The van der Waals surface area contributed by atoms with E-state index in [1.165, 1.54) is 0 Å². The minimum Gasteiger partial charge on any atom is -0.388 e. The average Bonchev–Trinajstić information content (AvgIpc) is 3.08. The Morgan fingerprint density at radius 1 is 1.27 bits per heavy atom. The number of benzene rings is 1. The number of aromatic nitrogens is 2. The number of hydrogen-bond acceptors (Lipinski definition) is 5. The van der Waals surface area contributed by atoms with Crippen LogP contribution in [0.2, 0.25) is 0 Å². The average molecular weight is 355 g/mol. The van der Waals surface area contributed by atoms with E-state index in [1.54, 1.807) is 11.0 Å². The van der Waals surface area contributed by atoms with Crippen molar-refractivity contribution in [1.82, 2.24) is 15.1 Å².